The lowest BCUT2D eigenvalue weighted by Gasteiger charge is -2.25. The maximum absolute atomic E-state index is 12.6. The van der Waals surface area contributed by atoms with Gasteiger partial charge in [0, 0.05) is 26.0 Å². The normalized spacial score (nSPS) is 12.7. The lowest BCUT2D eigenvalue weighted by molar-refractivity contribution is -0.127. The minimum atomic E-state index is -3.28. The highest BCUT2D eigenvalue weighted by atomic mass is 32.2. The smallest absolute Gasteiger partial charge is 0.295 e. The molecule has 1 aromatic carbocycles. The van der Waals surface area contributed by atoms with Crippen molar-refractivity contribution in [3.05, 3.63) is 46.8 Å². The summed E-state index contributed by atoms with van der Waals surface area (Å²) in [5, 5.41) is 4.18. The fourth-order valence-electron chi connectivity index (χ4n) is 2.76. The molecule has 1 unspecified atom stereocenters. The monoisotopic (exact) mass is 377 g/mol. The maximum Gasteiger partial charge on any atom is 0.295 e. The van der Waals surface area contributed by atoms with Crippen molar-refractivity contribution in [1.82, 2.24) is 14.7 Å². The molecule has 1 heterocycles. The Bertz CT molecular complexity index is 959. The molecule has 8 heteroatoms. The highest BCUT2D eigenvalue weighted by Gasteiger charge is 2.29. The standard InChI is InChI=1S/C18H23N3O4S/c1-11-16(13(3)21(5)19-11)17(22)18(23)20(4)12(2)14-7-9-15(10-8-14)26(6,24)25/h7-10,12H,1-6H3. The summed E-state index contributed by atoms with van der Waals surface area (Å²) in [7, 11) is -0.00898. The number of hydrogen-bond acceptors (Lipinski definition) is 5. The van der Waals surface area contributed by atoms with Crippen LogP contribution >= 0.6 is 0 Å². The first-order valence-electron chi connectivity index (χ1n) is 8.06. The van der Waals surface area contributed by atoms with E-state index in [1.165, 1.54) is 17.0 Å². The van der Waals surface area contributed by atoms with Crippen molar-refractivity contribution >= 4 is 21.5 Å². The van der Waals surface area contributed by atoms with Crippen LogP contribution in [0.5, 0.6) is 0 Å². The van der Waals surface area contributed by atoms with Gasteiger partial charge in [0.15, 0.2) is 9.84 Å². The van der Waals surface area contributed by atoms with Gasteiger partial charge in [-0.3, -0.25) is 14.3 Å². The number of ketones is 1. The number of carbonyl (C=O) groups excluding carboxylic acids is 2. The van der Waals surface area contributed by atoms with Crippen LogP contribution in [0.15, 0.2) is 29.2 Å². The van der Waals surface area contributed by atoms with Crippen molar-refractivity contribution in [2.24, 2.45) is 7.05 Å². The number of amides is 1. The van der Waals surface area contributed by atoms with E-state index in [2.05, 4.69) is 5.10 Å². The first-order chi connectivity index (χ1) is 11.9. The summed E-state index contributed by atoms with van der Waals surface area (Å²) in [6.07, 6.45) is 1.14. The van der Waals surface area contributed by atoms with Gasteiger partial charge < -0.3 is 4.90 Å². The van der Waals surface area contributed by atoms with E-state index in [-0.39, 0.29) is 4.90 Å². The summed E-state index contributed by atoms with van der Waals surface area (Å²) >= 11 is 0. The number of Topliss-reactive ketones (excluding diaryl/α,β-unsaturated/α-hetero) is 1. The van der Waals surface area contributed by atoms with Crippen molar-refractivity contribution in [3.63, 3.8) is 0 Å². The maximum atomic E-state index is 12.6. The van der Waals surface area contributed by atoms with Crippen molar-refractivity contribution in [1.29, 1.82) is 0 Å². The molecular formula is C18H23N3O4S. The number of nitrogens with zero attached hydrogens (tertiary/aromatic N) is 3. The molecule has 2 rings (SSSR count). The molecule has 0 spiro atoms. The molecule has 1 atom stereocenters. The highest BCUT2D eigenvalue weighted by Crippen LogP contribution is 2.22. The third-order valence-corrected chi connectivity index (χ3v) is 5.75. The van der Waals surface area contributed by atoms with Gasteiger partial charge in [-0.2, -0.15) is 5.10 Å². The van der Waals surface area contributed by atoms with Crippen LogP contribution in [0.3, 0.4) is 0 Å². The van der Waals surface area contributed by atoms with Crippen LogP contribution in [0.2, 0.25) is 0 Å². The van der Waals surface area contributed by atoms with Crippen molar-refractivity contribution in [3.8, 4) is 0 Å². The average molecular weight is 377 g/mol. The van der Waals surface area contributed by atoms with Gasteiger partial charge in [-0.15, -0.1) is 0 Å². The second kappa shape index (κ2) is 7.03. The molecule has 1 amide bonds. The van der Waals surface area contributed by atoms with Crippen LogP contribution in [0.1, 0.15) is 40.3 Å². The van der Waals surface area contributed by atoms with Gasteiger partial charge in [0.05, 0.1) is 22.2 Å². The Kier molecular flexibility index (Phi) is 5.36. The first kappa shape index (κ1) is 19.8. The van der Waals surface area contributed by atoms with Gasteiger partial charge >= 0.3 is 0 Å². The van der Waals surface area contributed by atoms with E-state index in [1.807, 2.05) is 0 Å². The van der Waals surface area contributed by atoms with Crippen molar-refractivity contribution in [2.75, 3.05) is 13.3 Å². The number of rotatable bonds is 5. The van der Waals surface area contributed by atoms with Gasteiger partial charge in [0.2, 0.25) is 0 Å². The van der Waals surface area contributed by atoms with E-state index in [0.29, 0.717) is 17.0 Å². The zero-order chi connectivity index (χ0) is 19.8. The van der Waals surface area contributed by atoms with E-state index in [9.17, 15) is 18.0 Å². The molecule has 0 radical (unpaired) electrons. The summed E-state index contributed by atoms with van der Waals surface area (Å²) in [6, 6.07) is 5.90. The van der Waals surface area contributed by atoms with E-state index in [0.717, 1.165) is 11.8 Å². The molecule has 26 heavy (non-hydrogen) atoms. The van der Waals surface area contributed by atoms with Crippen molar-refractivity contribution < 1.29 is 18.0 Å². The van der Waals surface area contributed by atoms with Crippen LogP contribution in [0, 0.1) is 13.8 Å². The zero-order valence-electron chi connectivity index (χ0n) is 15.8. The van der Waals surface area contributed by atoms with Crippen LogP contribution in [0.25, 0.3) is 0 Å². The molecule has 0 aliphatic heterocycles. The summed E-state index contributed by atoms with van der Waals surface area (Å²) in [4.78, 5) is 26.8. The Morgan fingerprint density at radius 3 is 2.12 bits per heavy atom. The Morgan fingerprint density at radius 1 is 1.15 bits per heavy atom. The number of likely N-dealkylation sites (N-methyl/N-ethyl adjacent to an activating group) is 1. The minimum Gasteiger partial charge on any atom is -0.332 e. The second-order valence-electron chi connectivity index (χ2n) is 6.43. The predicted octanol–water partition coefficient (Wildman–Crippen LogP) is 1.84. The molecule has 2 aromatic rings. The van der Waals surface area contributed by atoms with E-state index in [1.54, 1.807) is 51.7 Å². The largest absolute Gasteiger partial charge is 0.332 e. The first-order valence-corrected chi connectivity index (χ1v) is 9.96. The fraction of sp³-hybridized carbons (Fsp3) is 0.389. The molecule has 0 saturated heterocycles. The van der Waals surface area contributed by atoms with Crippen LogP contribution in [-0.4, -0.2) is 48.1 Å². The van der Waals surface area contributed by atoms with Gasteiger partial charge in [-0.25, -0.2) is 8.42 Å². The number of aromatic nitrogens is 2. The molecule has 0 fully saturated rings. The van der Waals surface area contributed by atoms with Gasteiger partial charge in [0.1, 0.15) is 0 Å². The van der Waals surface area contributed by atoms with Crippen molar-refractivity contribution in [2.45, 2.75) is 31.7 Å². The molecular weight excluding hydrogens is 354 g/mol. The molecule has 0 N–H and O–H groups in total. The zero-order valence-corrected chi connectivity index (χ0v) is 16.6. The van der Waals surface area contributed by atoms with Crippen LogP contribution in [0.4, 0.5) is 0 Å². The quantitative estimate of drug-likeness (QED) is 0.586. The molecule has 7 nitrogen and oxygen atoms in total. The minimum absolute atomic E-state index is 0.208. The summed E-state index contributed by atoms with van der Waals surface area (Å²) in [5.74, 6) is -1.24. The predicted molar refractivity (Wildman–Crippen MR) is 97.7 cm³/mol. The number of benzene rings is 1. The molecule has 0 aliphatic carbocycles. The molecule has 0 bridgehead atoms. The average Bonchev–Trinajstić information content (AvgIpc) is 2.83. The Morgan fingerprint density at radius 2 is 1.69 bits per heavy atom. The van der Waals surface area contributed by atoms with Gasteiger partial charge in [-0.1, -0.05) is 12.1 Å². The lowest BCUT2D eigenvalue weighted by Crippen LogP contribution is -2.35. The molecule has 0 saturated carbocycles. The molecule has 140 valence electrons. The number of sulfone groups is 1. The number of aryl methyl sites for hydroxylation is 2. The highest BCUT2D eigenvalue weighted by molar-refractivity contribution is 7.90. The van der Waals surface area contributed by atoms with Crippen LogP contribution in [-0.2, 0) is 21.7 Å². The van der Waals surface area contributed by atoms with Crippen LogP contribution < -0.4 is 0 Å². The SMILES string of the molecule is Cc1nn(C)c(C)c1C(=O)C(=O)N(C)C(C)c1ccc(S(C)(=O)=O)cc1. The topological polar surface area (TPSA) is 89.3 Å². The summed E-state index contributed by atoms with van der Waals surface area (Å²) in [5.41, 5.74) is 2.21. The molecule has 0 aliphatic rings. The Balaban J connectivity index is 2.25. The lowest BCUT2D eigenvalue weighted by atomic mass is 10.0. The van der Waals surface area contributed by atoms with E-state index < -0.39 is 27.6 Å². The summed E-state index contributed by atoms with van der Waals surface area (Å²) in [6.45, 7) is 5.22. The second-order valence-corrected chi connectivity index (χ2v) is 8.45. The fourth-order valence-corrected chi connectivity index (χ4v) is 3.39. The number of hydrogen-bond donors (Lipinski definition) is 0. The Labute approximate surface area is 153 Å². The van der Waals surface area contributed by atoms with Gasteiger partial charge in [0.25, 0.3) is 11.7 Å². The molecule has 1 aromatic heterocycles. The number of carbonyl (C=O) groups is 2. The third-order valence-electron chi connectivity index (χ3n) is 4.62. The van der Waals surface area contributed by atoms with Gasteiger partial charge in [-0.05, 0) is 38.5 Å². The van der Waals surface area contributed by atoms with E-state index >= 15 is 0 Å². The summed E-state index contributed by atoms with van der Waals surface area (Å²) < 4.78 is 24.7. The Hall–Kier alpha value is -2.48. The van der Waals surface area contributed by atoms with E-state index in [4.69, 9.17) is 0 Å². The third kappa shape index (κ3) is 3.70.